The monoisotopic (exact) mass is 319 g/mol. The largest absolute Gasteiger partial charge is 0.390 e. The van der Waals surface area contributed by atoms with Crippen molar-refractivity contribution in [1.29, 1.82) is 5.26 Å². The summed E-state index contributed by atoms with van der Waals surface area (Å²) in [5, 5.41) is 9.92. The van der Waals surface area contributed by atoms with Crippen molar-refractivity contribution in [3.8, 4) is 6.07 Å². The zero-order valence-corrected chi connectivity index (χ0v) is 13.1. The highest BCUT2D eigenvalue weighted by Crippen LogP contribution is 2.52. The number of hydrogen-bond donors (Lipinski definition) is 2. The maximum absolute atomic E-state index is 12.9. The SMILES string of the molecule is COC1(CC2(C#N)CCc3c(sc(N)c3C(N)=O)C2=O)CC1. The average molecular weight is 319 g/mol. The molecule has 7 heteroatoms. The van der Waals surface area contributed by atoms with E-state index in [2.05, 4.69) is 6.07 Å². The third-order valence-corrected chi connectivity index (χ3v) is 5.86. The number of thiophene rings is 1. The van der Waals surface area contributed by atoms with Gasteiger partial charge in [0, 0.05) is 13.5 Å². The van der Waals surface area contributed by atoms with Gasteiger partial charge >= 0.3 is 0 Å². The van der Waals surface area contributed by atoms with Gasteiger partial charge in [0.15, 0.2) is 5.78 Å². The summed E-state index contributed by atoms with van der Waals surface area (Å²) < 4.78 is 5.48. The molecule has 116 valence electrons. The zero-order valence-electron chi connectivity index (χ0n) is 12.3. The second-order valence-electron chi connectivity index (χ2n) is 6.10. The lowest BCUT2D eigenvalue weighted by molar-refractivity contribution is 0.0374. The zero-order chi connectivity index (χ0) is 16.1. The Morgan fingerprint density at radius 2 is 2.14 bits per heavy atom. The Kier molecular flexibility index (Phi) is 3.27. The highest BCUT2D eigenvalue weighted by atomic mass is 32.1. The Hall–Kier alpha value is -1.91. The minimum atomic E-state index is -1.09. The normalized spacial score (nSPS) is 25.4. The van der Waals surface area contributed by atoms with Gasteiger partial charge in [-0.15, -0.1) is 11.3 Å². The van der Waals surface area contributed by atoms with Crippen molar-refractivity contribution < 1.29 is 14.3 Å². The fraction of sp³-hybridized carbons (Fsp3) is 0.533. The lowest BCUT2D eigenvalue weighted by Crippen LogP contribution is -2.38. The second kappa shape index (κ2) is 4.80. The molecule has 6 nitrogen and oxygen atoms in total. The van der Waals surface area contributed by atoms with E-state index >= 15 is 0 Å². The second-order valence-corrected chi connectivity index (χ2v) is 7.15. The molecule has 1 fully saturated rings. The Bertz CT molecular complexity index is 714. The molecular formula is C15H17N3O3S. The summed E-state index contributed by atoms with van der Waals surface area (Å²) in [4.78, 5) is 24.8. The summed E-state index contributed by atoms with van der Waals surface area (Å²) >= 11 is 1.06. The Labute approximate surface area is 132 Å². The van der Waals surface area contributed by atoms with E-state index in [-0.39, 0.29) is 21.9 Å². The molecule has 1 aromatic heterocycles. The van der Waals surface area contributed by atoms with Gasteiger partial charge in [0.25, 0.3) is 5.91 Å². The smallest absolute Gasteiger partial charge is 0.251 e. The molecule has 4 N–H and O–H groups in total. The Morgan fingerprint density at radius 3 is 2.64 bits per heavy atom. The molecule has 0 aromatic carbocycles. The predicted octanol–water partition coefficient (Wildman–Crippen LogP) is 1.64. The first-order valence-electron chi connectivity index (χ1n) is 7.10. The fourth-order valence-electron chi connectivity index (χ4n) is 3.30. The Morgan fingerprint density at radius 1 is 1.45 bits per heavy atom. The predicted molar refractivity (Wildman–Crippen MR) is 81.5 cm³/mol. The van der Waals surface area contributed by atoms with Crippen LogP contribution in [-0.4, -0.2) is 24.4 Å². The highest BCUT2D eigenvalue weighted by molar-refractivity contribution is 7.18. The molecule has 0 aliphatic heterocycles. The number of carbonyl (C=O) groups excluding carboxylic acids is 2. The van der Waals surface area contributed by atoms with Gasteiger partial charge < -0.3 is 16.2 Å². The van der Waals surface area contributed by atoms with E-state index in [0.29, 0.717) is 29.7 Å². The van der Waals surface area contributed by atoms with Gasteiger partial charge in [-0.2, -0.15) is 5.26 Å². The summed E-state index contributed by atoms with van der Waals surface area (Å²) in [5.74, 6) is -0.869. The summed E-state index contributed by atoms with van der Waals surface area (Å²) in [7, 11) is 1.62. The third-order valence-electron chi connectivity index (χ3n) is 4.80. The minimum Gasteiger partial charge on any atom is -0.390 e. The molecule has 2 aliphatic rings. The van der Waals surface area contributed by atoms with Gasteiger partial charge in [-0.05, 0) is 31.2 Å². The van der Waals surface area contributed by atoms with Gasteiger partial charge in [-0.1, -0.05) is 0 Å². The first-order valence-corrected chi connectivity index (χ1v) is 7.92. The standard InChI is InChI=1S/C15H17N3O3S/c1-21-15(4-5-15)6-14(7-16)3-2-8-9(12(17)20)13(18)22-10(8)11(14)19/h2-6,18H2,1H3,(H2,17,20). The summed E-state index contributed by atoms with van der Waals surface area (Å²) in [6.45, 7) is 0. The number of nitriles is 1. The molecule has 0 bridgehead atoms. The van der Waals surface area contributed by atoms with Gasteiger partial charge in [0.05, 0.1) is 27.1 Å². The lowest BCUT2D eigenvalue weighted by atomic mass is 9.70. The van der Waals surface area contributed by atoms with Crippen LogP contribution in [0, 0.1) is 16.7 Å². The molecule has 0 spiro atoms. The van der Waals surface area contributed by atoms with Gasteiger partial charge in [-0.3, -0.25) is 9.59 Å². The average Bonchev–Trinajstić information content (AvgIpc) is 3.17. The van der Waals surface area contributed by atoms with E-state index in [9.17, 15) is 14.9 Å². The number of fused-ring (bicyclic) bond motifs is 1. The van der Waals surface area contributed by atoms with Crippen LogP contribution in [0.2, 0.25) is 0 Å². The van der Waals surface area contributed by atoms with Crippen molar-refractivity contribution in [2.45, 2.75) is 37.7 Å². The fourth-order valence-corrected chi connectivity index (χ4v) is 4.46. The number of ketones is 1. The van der Waals surface area contributed by atoms with Crippen LogP contribution >= 0.6 is 11.3 Å². The number of ether oxygens (including phenoxy) is 1. The van der Waals surface area contributed by atoms with Crippen LogP contribution in [0.15, 0.2) is 0 Å². The van der Waals surface area contributed by atoms with Gasteiger partial charge in [0.1, 0.15) is 5.41 Å². The van der Waals surface area contributed by atoms with E-state index in [4.69, 9.17) is 16.2 Å². The highest BCUT2D eigenvalue weighted by Gasteiger charge is 2.55. The van der Waals surface area contributed by atoms with Crippen molar-refractivity contribution in [1.82, 2.24) is 0 Å². The molecule has 22 heavy (non-hydrogen) atoms. The lowest BCUT2D eigenvalue weighted by Gasteiger charge is -2.32. The van der Waals surface area contributed by atoms with Crippen LogP contribution in [0.1, 0.15) is 51.3 Å². The van der Waals surface area contributed by atoms with E-state index in [1.807, 2.05) is 0 Å². The summed E-state index contributed by atoms with van der Waals surface area (Å²) in [6, 6.07) is 2.22. The first kappa shape index (κ1) is 15.0. The molecule has 1 amide bonds. The van der Waals surface area contributed by atoms with Crippen LogP contribution in [0.5, 0.6) is 0 Å². The van der Waals surface area contributed by atoms with Crippen LogP contribution in [0.3, 0.4) is 0 Å². The quantitative estimate of drug-likeness (QED) is 0.874. The molecule has 1 heterocycles. The molecular weight excluding hydrogens is 302 g/mol. The maximum Gasteiger partial charge on any atom is 0.251 e. The Balaban J connectivity index is 2.02. The van der Waals surface area contributed by atoms with Crippen molar-refractivity contribution in [2.75, 3.05) is 12.8 Å². The molecule has 3 rings (SSSR count). The number of carbonyl (C=O) groups is 2. The maximum atomic E-state index is 12.9. The summed E-state index contributed by atoms with van der Waals surface area (Å²) in [5.41, 5.74) is 10.6. The van der Waals surface area contributed by atoms with E-state index in [0.717, 1.165) is 24.2 Å². The number of nitrogen functional groups attached to an aromatic ring is 1. The first-order chi connectivity index (χ1) is 10.4. The number of nitrogens with zero attached hydrogens (tertiary/aromatic N) is 1. The summed E-state index contributed by atoms with van der Waals surface area (Å²) in [6.07, 6.45) is 2.96. The van der Waals surface area contributed by atoms with Crippen LogP contribution in [0.25, 0.3) is 0 Å². The molecule has 1 unspecified atom stereocenters. The number of nitrogens with two attached hydrogens (primary N) is 2. The minimum absolute atomic E-state index is 0.243. The molecule has 1 atom stereocenters. The number of amides is 1. The number of anilines is 1. The van der Waals surface area contributed by atoms with Gasteiger partial charge in [-0.25, -0.2) is 0 Å². The van der Waals surface area contributed by atoms with Crippen LogP contribution in [0.4, 0.5) is 5.00 Å². The van der Waals surface area contributed by atoms with E-state index in [1.165, 1.54) is 0 Å². The molecule has 0 radical (unpaired) electrons. The van der Waals surface area contributed by atoms with E-state index < -0.39 is 11.3 Å². The van der Waals surface area contributed by atoms with Crippen molar-refractivity contribution in [3.63, 3.8) is 0 Å². The van der Waals surface area contributed by atoms with Crippen molar-refractivity contribution in [2.24, 2.45) is 11.1 Å². The molecule has 0 saturated heterocycles. The number of hydrogen-bond acceptors (Lipinski definition) is 6. The molecule has 1 saturated carbocycles. The molecule has 2 aliphatic carbocycles. The third kappa shape index (κ3) is 2.02. The number of Topliss-reactive ketones (excluding diaryl/α,β-unsaturated/α-hetero) is 1. The van der Waals surface area contributed by atoms with E-state index in [1.54, 1.807) is 7.11 Å². The van der Waals surface area contributed by atoms with Crippen LogP contribution < -0.4 is 11.5 Å². The topological polar surface area (TPSA) is 119 Å². The number of methoxy groups -OCH3 is 1. The van der Waals surface area contributed by atoms with Crippen molar-refractivity contribution in [3.05, 3.63) is 16.0 Å². The molecule has 1 aromatic rings. The number of rotatable bonds is 4. The van der Waals surface area contributed by atoms with Gasteiger partial charge in [0.2, 0.25) is 0 Å². The van der Waals surface area contributed by atoms with Crippen molar-refractivity contribution >= 4 is 28.0 Å². The number of primary amides is 1. The van der Waals surface area contributed by atoms with Crippen LogP contribution in [-0.2, 0) is 11.2 Å².